The molecule has 0 aliphatic heterocycles. The Labute approximate surface area is 97.4 Å². The van der Waals surface area contributed by atoms with Gasteiger partial charge in [-0.15, -0.1) is 0 Å². The number of rotatable bonds is 5. The van der Waals surface area contributed by atoms with E-state index in [-0.39, 0.29) is 5.41 Å². The van der Waals surface area contributed by atoms with Gasteiger partial charge < -0.3 is 4.18 Å². The summed E-state index contributed by atoms with van der Waals surface area (Å²) < 4.78 is 5.34. The Hall–Kier alpha value is -0.470. The van der Waals surface area contributed by atoms with E-state index in [2.05, 4.69) is 45.0 Å². The van der Waals surface area contributed by atoms with Crippen LogP contribution in [0.2, 0.25) is 0 Å². The molecule has 2 heteroatoms. The van der Waals surface area contributed by atoms with E-state index in [9.17, 15) is 0 Å². The summed E-state index contributed by atoms with van der Waals surface area (Å²) in [5.41, 5.74) is 1.64. The molecule has 0 heterocycles. The predicted octanol–water partition coefficient (Wildman–Crippen LogP) is 4.42. The molecule has 0 fully saturated rings. The zero-order valence-corrected chi connectivity index (χ0v) is 10.9. The first-order chi connectivity index (χ1) is 7.10. The third-order valence-corrected chi connectivity index (χ3v) is 3.57. The van der Waals surface area contributed by atoms with Crippen molar-refractivity contribution in [3.05, 3.63) is 29.8 Å². The molecule has 0 amide bonds. The maximum absolute atomic E-state index is 5.34. The third kappa shape index (κ3) is 3.54. The van der Waals surface area contributed by atoms with Gasteiger partial charge in [0.2, 0.25) is 0 Å². The van der Waals surface area contributed by atoms with Gasteiger partial charge in [0.25, 0.3) is 0 Å². The molecular weight excluding hydrogens is 204 g/mol. The fourth-order valence-electron chi connectivity index (χ4n) is 1.30. The first-order valence-corrected chi connectivity index (χ1v) is 6.24. The van der Waals surface area contributed by atoms with E-state index < -0.39 is 0 Å². The summed E-state index contributed by atoms with van der Waals surface area (Å²) in [7, 11) is 0. The highest BCUT2D eigenvalue weighted by atomic mass is 32.2. The molecule has 0 N–H and O–H groups in total. The van der Waals surface area contributed by atoms with Crippen molar-refractivity contribution in [3.63, 3.8) is 0 Å². The van der Waals surface area contributed by atoms with Crippen molar-refractivity contribution in [3.8, 4) is 0 Å². The van der Waals surface area contributed by atoms with E-state index in [4.69, 9.17) is 4.18 Å². The molecule has 0 atom stereocenters. The Morgan fingerprint density at radius 2 is 2.00 bits per heavy atom. The molecule has 0 bridgehead atoms. The molecule has 1 nitrogen and oxygen atoms in total. The predicted molar refractivity (Wildman–Crippen MR) is 67.2 cm³/mol. The van der Waals surface area contributed by atoms with Crippen LogP contribution < -0.4 is 0 Å². The minimum absolute atomic E-state index is 0.253. The van der Waals surface area contributed by atoms with Crippen LogP contribution in [0.5, 0.6) is 0 Å². The lowest BCUT2D eigenvalue weighted by molar-refractivity contribution is 0.401. The number of hydrogen-bond acceptors (Lipinski definition) is 2. The maximum Gasteiger partial charge on any atom is 0.0590 e. The lowest BCUT2D eigenvalue weighted by Gasteiger charge is -2.23. The molecule has 0 saturated heterocycles. The largest absolute Gasteiger partial charge is 0.311 e. The Kier molecular flexibility index (Phi) is 4.68. The van der Waals surface area contributed by atoms with Gasteiger partial charge in [-0.2, -0.15) is 0 Å². The minimum Gasteiger partial charge on any atom is -0.311 e. The molecule has 0 aliphatic carbocycles. The SMILES string of the molecule is CCOSc1cccc(C(C)(C)CC)c1. The molecule has 0 radical (unpaired) electrons. The Bertz CT molecular complexity index is 307. The summed E-state index contributed by atoms with van der Waals surface area (Å²) in [6.45, 7) is 9.52. The molecular formula is C13H20OS. The highest BCUT2D eigenvalue weighted by Crippen LogP contribution is 2.30. The summed E-state index contributed by atoms with van der Waals surface area (Å²) in [4.78, 5) is 1.19. The topological polar surface area (TPSA) is 9.23 Å². The van der Waals surface area contributed by atoms with Gasteiger partial charge in [-0.05, 0) is 36.5 Å². The van der Waals surface area contributed by atoms with Gasteiger partial charge >= 0.3 is 0 Å². The van der Waals surface area contributed by atoms with Crippen LogP contribution in [0, 0.1) is 0 Å². The van der Waals surface area contributed by atoms with Crippen molar-refractivity contribution < 1.29 is 4.18 Å². The molecule has 15 heavy (non-hydrogen) atoms. The van der Waals surface area contributed by atoms with Crippen molar-refractivity contribution in [2.75, 3.05) is 6.61 Å². The summed E-state index contributed by atoms with van der Waals surface area (Å²) in [5, 5.41) is 0. The fourth-order valence-corrected chi connectivity index (χ4v) is 1.86. The second-order valence-electron chi connectivity index (χ2n) is 4.26. The van der Waals surface area contributed by atoms with E-state index in [1.54, 1.807) is 0 Å². The Balaban J connectivity index is 2.82. The van der Waals surface area contributed by atoms with E-state index in [1.807, 2.05) is 6.92 Å². The van der Waals surface area contributed by atoms with Gasteiger partial charge in [0.15, 0.2) is 0 Å². The monoisotopic (exact) mass is 224 g/mol. The van der Waals surface area contributed by atoms with Gasteiger partial charge in [0.1, 0.15) is 0 Å². The first kappa shape index (κ1) is 12.6. The zero-order valence-electron chi connectivity index (χ0n) is 10.0. The molecule has 84 valence electrons. The van der Waals surface area contributed by atoms with Crippen molar-refractivity contribution in [1.29, 1.82) is 0 Å². The van der Waals surface area contributed by atoms with Crippen molar-refractivity contribution in [2.45, 2.75) is 44.4 Å². The van der Waals surface area contributed by atoms with Crippen molar-refractivity contribution >= 4 is 12.0 Å². The number of benzene rings is 1. The first-order valence-electron chi connectivity index (χ1n) is 5.50. The van der Waals surface area contributed by atoms with E-state index in [0.29, 0.717) is 0 Å². The van der Waals surface area contributed by atoms with Crippen LogP contribution in [0.25, 0.3) is 0 Å². The zero-order chi connectivity index (χ0) is 11.3. The lowest BCUT2D eigenvalue weighted by atomic mass is 9.82. The van der Waals surface area contributed by atoms with Gasteiger partial charge in [-0.25, -0.2) is 0 Å². The molecule has 1 rings (SSSR count). The fraction of sp³-hybridized carbons (Fsp3) is 0.538. The van der Waals surface area contributed by atoms with Crippen LogP contribution in [0.15, 0.2) is 29.2 Å². The lowest BCUT2D eigenvalue weighted by Crippen LogP contribution is -2.15. The third-order valence-electron chi connectivity index (χ3n) is 2.77. The highest BCUT2D eigenvalue weighted by molar-refractivity contribution is 7.94. The Morgan fingerprint density at radius 3 is 2.60 bits per heavy atom. The van der Waals surface area contributed by atoms with Crippen LogP contribution in [-0.2, 0) is 9.60 Å². The number of hydrogen-bond donors (Lipinski definition) is 0. The molecule has 0 aliphatic rings. The van der Waals surface area contributed by atoms with E-state index >= 15 is 0 Å². The summed E-state index contributed by atoms with van der Waals surface area (Å²) >= 11 is 1.46. The maximum atomic E-state index is 5.34. The van der Waals surface area contributed by atoms with Gasteiger partial charge in [0, 0.05) is 16.9 Å². The molecule has 0 aromatic heterocycles. The molecule has 0 saturated carbocycles. The van der Waals surface area contributed by atoms with Crippen LogP contribution in [0.3, 0.4) is 0 Å². The highest BCUT2D eigenvalue weighted by Gasteiger charge is 2.17. The van der Waals surface area contributed by atoms with Gasteiger partial charge in [-0.1, -0.05) is 32.9 Å². The smallest absolute Gasteiger partial charge is 0.0590 e. The van der Waals surface area contributed by atoms with Crippen LogP contribution in [0.1, 0.15) is 39.7 Å². The summed E-state index contributed by atoms with van der Waals surface area (Å²) in [5.74, 6) is 0. The summed E-state index contributed by atoms with van der Waals surface area (Å²) in [6, 6.07) is 8.62. The van der Waals surface area contributed by atoms with Gasteiger partial charge in [-0.3, -0.25) is 0 Å². The second-order valence-corrected chi connectivity index (χ2v) is 5.13. The second kappa shape index (κ2) is 5.57. The average molecular weight is 224 g/mol. The van der Waals surface area contributed by atoms with Crippen LogP contribution in [-0.4, -0.2) is 6.61 Å². The van der Waals surface area contributed by atoms with Crippen molar-refractivity contribution in [1.82, 2.24) is 0 Å². The van der Waals surface area contributed by atoms with Crippen molar-refractivity contribution in [2.24, 2.45) is 0 Å². The quantitative estimate of drug-likeness (QED) is 0.685. The summed E-state index contributed by atoms with van der Waals surface area (Å²) in [6.07, 6.45) is 1.15. The van der Waals surface area contributed by atoms with Crippen LogP contribution in [0.4, 0.5) is 0 Å². The Morgan fingerprint density at radius 1 is 1.27 bits per heavy atom. The molecule has 1 aromatic carbocycles. The minimum atomic E-state index is 0.253. The molecule has 0 unspecified atom stereocenters. The standard InChI is InChI=1S/C13H20OS/c1-5-13(3,4)11-8-7-9-12(10-11)15-14-6-2/h7-10H,5-6H2,1-4H3. The van der Waals surface area contributed by atoms with E-state index in [1.165, 1.54) is 22.5 Å². The normalized spacial score (nSPS) is 11.7. The van der Waals surface area contributed by atoms with Gasteiger partial charge in [0.05, 0.1) is 6.61 Å². The average Bonchev–Trinajstić information content (AvgIpc) is 2.27. The van der Waals surface area contributed by atoms with Crippen LogP contribution >= 0.6 is 12.0 Å². The molecule has 0 spiro atoms. The molecule has 1 aromatic rings. The van der Waals surface area contributed by atoms with E-state index in [0.717, 1.165) is 13.0 Å².